The fraction of sp³-hybridized carbons (Fsp3) is 0.0500. The zero-order valence-corrected chi connectivity index (χ0v) is 15.0. The predicted octanol–water partition coefficient (Wildman–Crippen LogP) is 2.42. The summed E-state index contributed by atoms with van der Waals surface area (Å²) in [5, 5.41) is 14.2. The number of fused-ring (bicyclic) bond motifs is 1. The van der Waals surface area contributed by atoms with E-state index >= 15 is 0 Å². The van der Waals surface area contributed by atoms with Crippen molar-refractivity contribution in [3.63, 3.8) is 0 Å². The topological polar surface area (TPSA) is 90.5 Å². The summed E-state index contributed by atoms with van der Waals surface area (Å²) in [4.78, 5) is 24.2. The van der Waals surface area contributed by atoms with Gasteiger partial charge in [0.1, 0.15) is 5.75 Å². The van der Waals surface area contributed by atoms with Crippen LogP contribution in [0.3, 0.4) is 0 Å². The van der Waals surface area contributed by atoms with Crippen molar-refractivity contribution in [1.82, 2.24) is 16.2 Å². The summed E-state index contributed by atoms with van der Waals surface area (Å²) < 4.78 is 0. The van der Waals surface area contributed by atoms with Crippen LogP contribution in [-0.2, 0) is 11.2 Å². The molecule has 0 aliphatic heterocycles. The van der Waals surface area contributed by atoms with Crippen molar-refractivity contribution >= 4 is 39.9 Å². The Balaban J connectivity index is 1.55. The molecule has 7 heteroatoms. The van der Waals surface area contributed by atoms with Crippen LogP contribution in [0.2, 0.25) is 0 Å². The lowest BCUT2D eigenvalue weighted by molar-refractivity contribution is -0.119. The number of para-hydroxylation sites is 1. The van der Waals surface area contributed by atoms with Gasteiger partial charge in [-0.25, -0.2) is 0 Å². The average Bonchev–Trinajstić information content (AvgIpc) is 2.67. The largest absolute Gasteiger partial charge is 0.507 e. The molecule has 3 aromatic carbocycles. The summed E-state index contributed by atoms with van der Waals surface area (Å²) in [5.41, 5.74) is 5.76. The first-order valence-electron chi connectivity index (χ1n) is 8.19. The molecule has 136 valence electrons. The molecule has 27 heavy (non-hydrogen) atoms. The van der Waals surface area contributed by atoms with Gasteiger partial charge >= 0.3 is 0 Å². The maximum Gasteiger partial charge on any atom is 0.273 e. The van der Waals surface area contributed by atoms with Gasteiger partial charge in [-0.1, -0.05) is 54.6 Å². The molecule has 4 N–H and O–H groups in total. The summed E-state index contributed by atoms with van der Waals surface area (Å²) >= 11 is 5.02. The van der Waals surface area contributed by atoms with Crippen LogP contribution in [0.15, 0.2) is 66.7 Å². The Morgan fingerprint density at radius 1 is 0.889 bits per heavy atom. The Morgan fingerprint density at radius 3 is 2.41 bits per heavy atom. The zero-order chi connectivity index (χ0) is 19.2. The summed E-state index contributed by atoms with van der Waals surface area (Å²) in [5.74, 6) is -1.03. The number of thiocarbonyl (C=S) groups is 1. The van der Waals surface area contributed by atoms with Crippen molar-refractivity contribution in [2.75, 3.05) is 0 Å². The van der Waals surface area contributed by atoms with E-state index in [2.05, 4.69) is 16.2 Å². The van der Waals surface area contributed by atoms with Crippen molar-refractivity contribution in [1.29, 1.82) is 0 Å². The van der Waals surface area contributed by atoms with Crippen molar-refractivity contribution in [3.05, 3.63) is 77.9 Å². The van der Waals surface area contributed by atoms with E-state index in [-0.39, 0.29) is 28.8 Å². The van der Waals surface area contributed by atoms with Gasteiger partial charge in [0.05, 0.1) is 12.0 Å². The number of carbonyl (C=O) groups is 2. The van der Waals surface area contributed by atoms with Crippen molar-refractivity contribution < 1.29 is 14.7 Å². The molecular weight excluding hydrogens is 362 g/mol. The summed E-state index contributed by atoms with van der Waals surface area (Å²) in [6, 6.07) is 19.7. The molecular formula is C20H17N3O3S. The highest BCUT2D eigenvalue weighted by Crippen LogP contribution is 2.18. The maximum atomic E-state index is 12.2. The van der Waals surface area contributed by atoms with E-state index in [1.807, 2.05) is 42.5 Å². The molecule has 0 bridgehead atoms. The van der Waals surface area contributed by atoms with Crippen LogP contribution in [0.4, 0.5) is 0 Å². The molecule has 0 saturated carbocycles. The number of hydrazine groups is 1. The third-order valence-electron chi connectivity index (χ3n) is 3.92. The number of hydrogen-bond donors (Lipinski definition) is 4. The molecule has 0 atom stereocenters. The monoisotopic (exact) mass is 379 g/mol. The van der Waals surface area contributed by atoms with Crippen LogP contribution in [0.5, 0.6) is 5.75 Å². The molecule has 3 aromatic rings. The number of benzene rings is 3. The summed E-state index contributed by atoms with van der Waals surface area (Å²) in [7, 11) is 0. The second kappa shape index (κ2) is 8.29. The molecule has 0 radical (unpaired) electrons. The Hall–Kier alpha value is -3.45. The fourth-order valence-corrected chi connectivity index (χ4v) is 2.83. The van der Waals surface area contributed by atoms with Crippen LogP contribution in [-0.4, -0.2) is 22.0 Å². The summed E-state index contributed by atoms with van der Waals surface area (Å²) in [6.45, 7) is 0. The van der Waals surface area contributed by atoms with E-state index in [1.54, 1.807) is 12.1 Å². The number of nitrogens with one attached hydrogen (secondary N) is 3. The number of phenols is 1. The maximum absolute atomic E-state index is 12.2. The van der Waals surface area contributed by atoms with E-state index in [0.29, 0.717) is 0 Å². The normalized spacial score (nSPS) is 10.2. The number of amides is 2. The quantitative estimate of drug-likeness (QED) is 0.415. The Morgan fingerprint density at radius 2 is 1.59 bits per heavy atom. The van der Waals surface area contributed by atoms with Crippen LogP contribution in [0.25, 0.3) is 10.8 Å². The second-order valence-electron chi connectivity index (χ2n) is 5.79. The zero-order valence-electron chi connectivity index (χ0n) is 14.2. The van der Waals surface area contributed by atoms with Crippen LogP contribution < -0.4 is 16.2 Å². The Labute approximate surface area is 161 Å². The average molecular weight is 379 g/mol. The number of aromatic hydroxyl groups is 1. The van der Waals surface area contributed by atoms with E-state index in [1.165, 1.54) is 12.1 Å². The van der Waals surface area contributed by atoms with Gasteiger partial charge in [0, 0.05) is 0 Å². The molecule has 2 amide bonds. The lowest BCUT2D eigenvalue weighted by Crippen LogP contribution is -2.48. The van der Waals surface area contributed by atoms with E-state index in [4.69, 9.17) is 12.2 Å². The number of phenolic OH excluding ortho intramolecular Hbond substituents is 1. The SMILES string of the molecule is O=C(Cc1cccc2ccccc12)NC(=S)NNC(=O)c1ccccc1O. The van der Waals surface area contributed by atoms with Gasteiger partial charge < -0.3 is 10.4 Å². The lowest BCUT2D eigenvalue weighted by Gasteiger charge is -2.12. The molecule has 0 aliphatic rings. The fourth-order valence-electron chi connectivity index (χ4n) is 2.67. The van der Waals surface area contributed by atoms with E-state index in [9.17, 15) is 14.7 Å². The highest BCUT2D eigenvalue weighted by atomic mass is 32.1. The van der Waals surface area contributed by atoms with Gasteiger partial charge in [0.25, 0.3) is 5.91 Å². The van der Waals surface area contributed by atoms with E-state index in [0.717, 1.165) is 16.3 Å². The van der Waals surface area contributed by atoms with Gasteiger partial charge in [-0.3, -0.25) is 20.4 Å². The van der Waals surface area contributed by atoms with Gasteiger partial charge in [-0.05, 0) is 40.7 Å². The van der Waals surface area contributed by atoms with Crippen molar-refractivity contribution in [3.8, 4) is 5.75 Å². The lowest BCUT2D eigenvalue weighted by atomic mass is 10.0. The molecule has 0 spiro atoms. The highest BCUT2D eigenvalue weighted by molar-refractivity contribution is 7.80. The second-order valence-corrected chi connectivity index (χ2v) is 6.20. The minimum Gasteiger partial charge on any atom is -0.507 e. The third kappa shape index (κ3) is 4.59. The first-order valence-corrected chi connectivity index (χ1v) is 8.60. The van der Waals surface area contributed by atoms with Crippen LogP contribution in [0, 0.1) is 0 Å². The molecule has 0 heterocycles. The third-order valence-corrected chi connectivity index (χ3v) is 4.13. The number of rotatable bonds is 3. The molecule has 0 unspecified atom stereocenters. The first-order chi connectivity index (χ1) is 13.0. The minimum atomic E-state index is -0.571. The highest BCUT2D eigenvalue weighted by Gasteiger charge is 2.12. The van der Waals surface area contributed by atoms with Crippen molar-refractivity contribution in [2.45, 2.75) is 6.42 Å². The smallest absolute Gasteiger partial charge is 0.273 e. The first kappa shape index (κ1) is 18.3. The predicted molar refractivity (Wildman–Crippen MR) is 107 cm³/mol. The minimum absolute atomic E-state index is 0.0380. The van der Waals surface area contributed by atoms with Gasteiger partial charge in [-0.2, -0.15) is 0 Å². The Kier molecular flexibility index (Phi) is 5.63. The van der Waals surface area contributed by atoms with Crippen LogP contribution in [0.1, 0.15) is 15.9 Å². The van der Waals surface area contributed by atoms with Gasteiger partial charge in [0.2, 0.25) is 5.91 Å². The Bertz CT molecular complexity index is 1010. The molecule has 3 rings (SSSR count). The van der Waals surface area contributed by atoms with Gasteiger partial charge in [0.15, 0.2) is 5.11 Å². The number of carbonyl (C=O) groups excluding carboxylic acids is 2. The van der Waals surface area contributed by atoms with E-state index < -0.39 is 5.91 Å². The van der Waals surface area contributed by atoms with Crippen LogP contribution >= 0.6 is 12.2 Å². The molecule has 6 nitrogen and oxygen atoms in total. The standard InChI is InChI=1S/C20H17N3O3S/c24-17-11-4-3-10-16(17)19(26)22-23-20(27)21-18(25)12-14-8-5-7-13-6-1-2-9-15(13)14/h1-11,24H,12H2,(H,22,26)(H2,21,23,25,27). The number of hydrogen-bond acceptors (Lipinski definition) is 4. The molecule has 0 saturated heterocycles. The summed E-state index contributed by atoms with van der Waals surface area (Å²) in [6.07, 6.45) is 0.149. The van der Waals surface area contributed by atoms with Gasteiger partial charge in [-0.15, -0.1) is 0 Å². The molecule has 0 fully saturated rings. The molecule has 0 aliphatic carbocycles. The van der Waals surface area contributed by atoms with Crippen molar-refractivity contribution in [2.24, 2.45) is 0 Å². The molecule has 0 aromatic heterocycles.